The van der Waals surface area contributed by atoms with Crippen molar-refractivity contribution in [3.63, 3.8) is 0 Å². The summed E-state index contributed by atoms with van der Waals surface area (Å²) in [5.41, 5.74) is 4.96. The molecule has 0 spiro atoms. The first kappa shape index (κ1) is 17.2. The first-order valence-electron chi connectivity index (χ1n) is 6.52. The maximum absolute atomic E-state index is 11.7. The molecule has 0 aromatic carbocycles. The number of carbonyl (C=O) groups is 3. The molecule has 0 saturated heterocycles. The highest BCUT2D eigenvalue weighted by Gasteiger charge is 2.22. The van der Waals surface area contributed by atoms with E-state index >= 15 is 0 Å². The number of primary amides is 1. The second kappa shape index (κ2) is 10.2. The van der Waals surface area contributed by atoms with Crippen molar-refractivity contribution in [3.05, 3.63) is 0 Å². The number of hydrogen-bond donors (Lipinski definition) is 4. The first-order chi connectivity index (χ1) is 8.97. The van der Waals surface area contributed by atoms with Crippen molar-refractivity contribution in [3.8, 4) is 0 Å². The summed E-state index contributed by atoms with van der Waals surface area (Å²) in [4.78, 5) is 32.9. The molecule has 0 fully saturated rings. The number of unbranched alkanes of at least 4 members (excludes halogenated alkanes) is 4. The Labute approximate surface area is 112 Å². The summed E-state index contributed by atoms with van der Waals surface area (Å²) in [6.45, 7) is 2.59. The Hall–Kier alpha value is -1.79. The third-order valence-electron chi connectivity index (χ3n) is 2.60. The lowest BCUT2D eigenvalue weighted by Gasteiger charge is -2.15. The molecule has 0 aliphatic carbocycles. The van der Waals surface area contributed by atoms with Gasteiger partial charge in [0, 0.05) is 6.54 Å². The van der Waals surface area contributed by atoms with Crippen LogP contribution in [0.25, 0.3) is 0 Å². The number of nitrogens with one attached hydrogen (secondary N) is 2. The Morgan fingerprint density at radius 2 is 1.79 bits per heavy atom. The SMILES string of the molecule is CCCCCCCNC(=O)[C@H](CC(N)=O)NC(=O)O. The van der Waals surface area contributed by atoms with Crippen LogP contribution < -0.4 is 16.4 Å². The molecule has 19 heavy (non-hydrogen) atoms. The number of carboxylic acid groups (broad SMARTS) is 1. The van der Waals surface area contributed by atoms with Crippen LogP contribution in [0.15, 0.2) is 0 Å². The van der Waals surface area contributed by atoms with E-state index in [-0.39, 0.29) is 6.42 Å². The summed E-state index contributed by atoms with van der Waals surface area (Å²) < 4.78 is 0. The number of amides is 3. The van der Waals surface area contributed by atoms with Gasteiger partial charge in [-0.1, -0.05) is 32.6 Å². The van der Waals surface area contributed by atoms with Crippen molar-refractivity contribution in [1.82, 2.24) is 10.6 Å². The molecule has 0 aliphatic heterocycles. The maximum atomic E-state index is 11.7. The van der Waals surface area contributed by atoms with Gasteiger partial charge in [0.2, 0.25) is 11.8 Å². The van der Waals surface area contributed by atoms with Crippen molar-refractivity contribution in [2.45, 2.75) is 51.5 Å². The van der Waals surface area contributed by atoms with E-state index in [0.717, 1.165) is 25.7 Å². The number of rotatable bonds is 10. The monoisotopic (exact) mass is 273 g/mol. The third-order valence-corrected chi connectivity index (χ3v) is 2.60. The van der Waals surface area contributed by atoms with Crippen LogP contribution >= 0.6 is 0 Å². The number of nitrogens with two attached hydrogens (primary N) is 1. The molecule has 0 aromatic heterocycles. The molecule has 0 radical (unpaired) electrons. The van der Waals surface area contributed by atoms with Crippen LogP contribution in [0, 0.1) is 0 Å². The standard InChI is InChI=1S/C12H23N3O4/c1-2-3-4-5-6-7-14-11(17)9(8-10(13)16)15-12(18)19/h9,15H,2-8H2,1H3,(H2,13,16)(H,14,17)(H,18,19)/t9-/m0/s1. The fourth-order valence-electron chi connectivity index (χ4n) is 1.62. The smallest absolute Gasteiger partial charge is 0.405 e. The molecule has 7 nitrogen and oxygen atoms in total. The minimum atomic E-state index is -1.36. The van der Waals surface area contributed by atoms with Gasteiger partial charge in [-0.05, 0) is 6.42 Å². The predicted molar refractivity (Wildman–Crippen MR) is 70.5 cm³/mol. The Kier molecular flexibility index (Phi) is 9.20. The predicted octanol–water partition coefficient (Wildman–Crippen LogP) is 0.585. The van der Waals surface area contributed by atoms with E-state index in [0.29, 0.717) is 6.54 Å². The minimum absolute atomic E-state index is 0.339. The fraction of sp³-hybridized carbons (Fsp3) is 0.750. The van der Waals surface area contributed by atoms with E-state index in [1.165, 1.54) is 6.42 Å². The molecule has 110 valence electrons. The molecule has 1 atom stereocenters. The van der Waals surface area contributed by atoms with Crippen LogP contribution in [0.3, 0.4) is 0 Å². The molecule has 0 aromatic rings. The van der Waals surface area contributed by atoms with Crippen LogP contribution in [0.5, 0.6) is 0 Å². The first-order valence-corrected chi connectivity index (χ1v) is 6.52. The fourth-order valence-corrected chi connectivity index (χ4v) is 1.62. The van der Waals surface area contributed by atoms with Gasteiger partial charge in [0.25, 0.3) is 0 Å². The Morgan fingerprint density at radius 3 is 2.32 bits per heavy atom. The minimum Gasteiger partial charge on any atom is -0.465 e. The number of carbonyl (C=O) groups excluding carboxylic acids is 2. The molecule has 0 aliphatic rings. The summed E-state index contributed by atoms with van der Waals surface area (Å²) in [6.07, 6.45) is 3.58. The van der Waals surface area contributed by atoms with Gasteiger partial charge in [-0.3, -0.25) is 9.59 Å². The summed E-state index contributed by atoms with van der Waals surface area (Å²) in [5.74, 6) is -1.24. The Bertz CT molecular complexity index is 291. The topological polar surface area (TPSA) is 122 Å². The lowest BCUT2D eigenvalue weighted by Crippen LogP contribution is -2.48. The van der Waals surface area contributed by atoms with Gasteiger partial charge in [-0.25, -0.2) is 4.79 Å². The number of hydrogen-bond acceptors (Lipinski definition) is 3. The lowest BCUT2D eigenvalue weighted by molar-refractivity contribution is -0.127. The summed E-state index contributed by atoms with van der Waals surface area (Å²) in [6, 6.07) is -1.12. The van der Waals surface area contributed by atoms with Crippen LogP contribution in [0.4, 0.5) is 4.79 Å². The highest BCUT2D eigenvalue weighted by atomic mass is 16.4. The second-order valence-electron chi connectivity index (χ2n) is 4.38. The zero-order chi connectivity index (χ0) is 14.7. The zero-order valence-electron chi connectivity index (χ0n) is 11.3. The Morgan fingerprint density at radius 1 is 1.16 bits per heavy atom. The molecule has 0 unspecified atom stereocenters. The normalized spacial score (nSPS) is 11.6. The summed E-state index contributed by atoms with van der Waals surface area (Å²) in [7, 11) is 0. The van der Waals surface area contributed by atoms with Crippen molar-refractivity contribution >= 4 is 17.9 Å². The van der Waals surface area contributed by atoms with Gasteiger partial charge in [0.1, 0.15) is 6.04 Å². The maximum Gasteiger partial charge on any atom is 0.405 e. The zero-order valence-corrected chi connectivity index (χ0v) is 11.3. The van der Waals surface area contributed by atoms with Gasteiger partial charge < -0.3 is 21.5 Å². The van der Waals surface area contributed by atoms with Crippen molar-refractivity contribution < 1.29 is 19.5 Å². The van der Waals surface area contributed by atoms with E-state index in [2.05, 4.69) is 12.2 Å². The lowest BCUT2D eigenvalue weighted by atomic mass is 10.1. The largest absolute Gasteiger partial charge is 0.465 e. The molecule has 0 saturated carbocycles. The molecule has 7 heteroatoms. The van der Waals surface area contributed by atoms with Crippen molar-refractivity contribution in [2.75, 3.05) is 6.54 Å². The molecule has 0 heterocycles. The average molecular weight is 273 g/mol. The van der Waals surface area contributed by atoms with Gasteiger partial charge in [0.15, 0.2) is 0 Å². The van der Waals surface area contributed by atoms with Gasteiger partial charge in [0.05, 0.1) is 6.42 Å². The van der Waals surface area contributed by atoms with Crippen LogP contribution in [0.1, 0.15) is 45.4 Å². The molecular weight excluding hydrogens is 250 g/mol. The van der Waals surface area contributed by atoms with E-state index in [1.807, 2.05) is 5.32 Å². The van der Waals surface area contributed by atoms with Crippen LogP contribution in [-0.4, -0.2) is 35.6 Å². The quantitative estimate of drug-likeness (QED) is 0.435. The van der Waals surface area contributed by atoms with Gasteiger partial charge in [-0.2, -0.15) is 0 Å². The second-order valence-corrected chi connectivity index (χ2v) is 4.38. The van der Waals surface area contributed by atoms with Gasteiger partial charge >= 0.3 is 6.09 Å². The molecule has 5 N–H and O–H groups in total. The van der Waals surface area contributed by atoms with Crippen LogP contribution in [0.2, 0.25) is 0 Å². The average Bonchev–Trinajstić information content (AvgIpc) is 2.31. The van der Waals surface area contributed by atoms with E-state index < -0.39 is 23.9 Å². The Balaban J connectivity index is 3.96. The highest BCUT2D eigenvalue weighted by molar-refractivity contribution is 5.90. The van der Waals surface area contributed by atoms with Gasteiger partial charge in [-0.15, -0.1) is 0 Å². The van der Waals surface area contributed by atoms with E-state index in [4.69, 9.17) is 10.8 Å². The third kappa shape index (κ3) is 9.87. The summed E-state index contributed by atoms with van der Waals surface area (Å²) >= 11 is 0. The highest BCUT2D eigenvalue weighted by Crippen LogP contribution is 2.01. The van der Waals surface area contributed by atoms with Crippen LogP contribution in [-0.2, 0) is 9.59 Å². The van der Waals surface area contributed by atoms with E-state index in [1.54, 1.807) is 0 Å². The molecule has 0 bridgehead atoms. The molecular formula is C12H23N3O4. The van der Waals surface area contributed by atoms with Crippen molar-refractivity contribution in [1.29, 1.82) is 0 Å². The van der Waals surface area contributed by atoms with Crippen molar-refractivity contribution in [2.24, 2.45) is 5.73 Å². The molecule has 3 amide bonds. The van der Waals surface area contributed by atoms with E-state index in [9.17, 15) is 14.4 Å². The summed E-state index contributed by atoms with van der Waals surface area (Å²) in [5, 5.41) is 13.1. The molecule has 0 rings (SSSR count).